The molecule has 2 N–H and O–H groups in total. The highest BCUT2D eigenvalue weighted by atomic mass is 19.1. The normalized spacial score (nSPS) is 13.3. The lowest BCUT2D eigenvalue weighted by Crippen LogP contribution is -2.30. The molecule has 0 aromatic heterocycles. The molecule has 86 valence electrons. The maximum atomic E-state index is 11.9. The van der Waals surface area contributed by atoms with Crippen molar-refractivity contribution in [3.05, 3.63) is 29.3 Å². The molecular formula is C12H15FN2O. The number of halogens is 1. The Labute approximate surface area is 94.0 Å². The summed E-state index contributed by atoms with van der Waals surface area (Å²) in [5.74, 6) is 0. The summed E-state index contributed by atoms with van der Waals surface area (Å²) in [6.07, 6.45) is 3.23. The van der Waals surface area contributed by atoms with E-state index in [9.17, 15) is 9.18 Å². The van der Waals surface area contributed by atoms with E-state index < -0.39 is 6.67 Å². The van der Waals surface area contributed by atoms with Gasteiger partial charge in [0.25, 0.3) is 0 Å². The van der Waals surface area contributed by atoms with Gasteiger partial charge in [-0.15, -0.1) is 0 Å². The number of aryl methyl sites for hydroxylation is 1. The van der Waals surface area contributed by atoms with Gasteiger partial charge in [0, 0.05) is 12.2 Å². The van der Waals surface area contributed by atoms with Gasteiger partial charge in [0.1, 0.15) is 6.67 Å². The van der Waals surface area contributed by atoms with Crippen LogP contribution in [0.5, 0.6) is 0 Å². The number of hydrogen-bond acceptors (Lipinski definition) is 1. The van der Waals surface area contributed by atoms with Crippen LogP contribution in [0.2, 0.25) is 0 Å². The first-order valence-corrected chi connectivity index (χ1v) is 5.53. The molecule has 1 aliphatic rings. The van der Waals surface area contributed by atoms with Gasteiger partial charge in [0.2, 0.25) is 0 Å². The summed E-state index contributed by atoms with van der Waals surface area (Å²) < 4.78 is 11.9. The molecule has 2 amide bonds. The van der Waals surface area contributed by atoms with Crippen LogP contribution in [0, 0.1) is 0 Å². The maximum absolute atomic E-state index is 11.9. The van der Waals surface area contributed by atoms with E-state index >= 15 is 0 Å². The van der Waals surface area contributed by atoms with Crippen molar-refractivity contribution in [2.24, 2.45) is 0 Å². The van der Waals surface area contributed by atoms with E-state index in [1.807, 2.05) is 12.1 Å². The minimum absolute atomic E-state index is 0.0564. The van der Waals surface area contributed by atoms with Gasteiger partial charge >= 0.3 is 6.03 Å². The maximum Gasteiger partial charge on any atom is 0.319 e. The summed E-state index contributed by atoms with van der Waals surface area (Å²) >= 11 is 0. The minimum atomic E-state index is -0.541. The van der Waals surface area contributed by atoms with Crippen LogP contribution in [0.3, 0.4) is 0 Å². The van der Waals surface area contributed by atoms with Crippen molar-refractivity contribution in [1.29, 1.82) is 0 Å². The molecule has 0 spiro atoms. The Morgan fingerprint density at radius 2 is 2.25 bits per heavy atom. The van der Waals surface area contributed by atoms with Gasteiger partial charge in [-0.2, -0.15) is 0 Å². The summed E-state index contributed by atoms with van der Waals surface area (Å²) in [6, 6.07) is 5.58. The smallest absolute Gasteiger partial charge is 0.319 e. The molecule has 0 atom stereocenters. The zero-order valence-corrected chi connectivity index (χ0v) is 9.05. The Kier molecular flexibility index (Phi) is 3.39. The number of carbonyl (C=O) groups excluding carboxylic acids is 1. The number of carbonyl (C=O) groups is 1. The molecule has 1 aliphatic carbocycles. The number of hydrogen-bond donors (Lipinski definition) is 2. The molecule has 0 fully saturated rings. The molecule has 2 rings (SSSR count). The average molecular weight is 222 g/mol. The second-order valence-corrected chi connectivity index (χ2v) is 3.87. The highest BCUT2D eigenvalue weighted by Gasteiger charge is 2.15. The average Bonchev–Trinajstić information content (AvgIpc) is 2.75. The van der Waals surface area contributed by atoms with Crippen molar-refractivity contribution < 1.29 is 9.18 Å². The SMILES string of the molecule is O=C(NCCF)Nc1cccc2c1CCC2. The molecule has 0 aliphatic heterocycles. The summed E-state index contributed by atoms with van der Waals surface area (Å²) in [5, 5.41) is 5.21. The standard InChI is InChI=1S/C12H15FN2O/c13-7-8-14-12(16)15-11-6-2-4-9-3-1-5-10(9)11/h2,4,6H,1,3,5,7-8H2,(H2,14,15,16). The molecule has 3 nitrogen and oxygen atoms in total. The van der Waals surface area contributed by atoms with Crippen molar-refractivity contribution in [1.82, 2.24) is 5.32 Å². The Morgan fingerprint density at radius 1 is 1.38 bits per heavy atom. The fourth-order valence-electron chi connectivity index (χ4n) is 2.06. The topological polar surface area (TPSA) is 41.1 Å². The number of amides is 2. The van der Waals surface area contributed by atoms with Crippen LogP contribution < -0.4 is 10.6 Å². The molecule has 1 aromatic rings. The van der Waals surface area contributed by atoms with Gasteiger partial charge in [-0.25, -0.2) is 9.18 Å². The molecule has 16 heavy (non-hydrogen) atoms. The molecule has 0 heterocycles. The van der Waals surface area contributed by atoms with Gasteiger partial charge in [0.05, 0.1) is 0 Å². The van der Waals surface area contributed by atoms with E-state index in [-0.39, 0.29) is 12.6 Å². The number of urea groups is 1. The van der Waals surface area contributed by atoms with Crippen LogP contribution in [-0.2, 0) is 12.8 Å². The van der Waals surface area contributed by atoms with Crippen LogP contribution in [0.1, 0.15) is 17.5 Å². The monoisotopic (exact) mass is 222 g/mol. The van der Waals surface area contributed by atoms with Crippen LogP contribution >= 0.6 is 0 Å². The molecule has 0 saturated heterocycles. The number of nitrogens with one attached hydrogen (secondary N) is 2. The Bertz CT molecular complexity index is 393. The Morgan fingerprint density at radius 3 is 3.06 bits per heavy atom. The zero-order valence-electron chi connectivity index (χ0n) is 9.05. The van der Waals surface area contributed by atoms with Crippen LogP contribution in [0.25, 0.3) is 0 Å². The van der Waals surface area contributed by atoms with Crippen LogP contribution in [-0.4, -0.2) is 19.3 Å². The first-order valence-electron chi connectivity index (χ1n) is 5.53. The molecule has 4 heteroatoms. The third-order valence-corrected chi connectivity index (χ3v) is 2.77. The van der Waals surface area contributed by atoms with Gasteiger partial charge in [0.15, 0.2) is 0 Å². The fourth-order valence-corrected chi connectivity index (χ4v) is 2.06. The van der Waals surface area contributed by atoms with E-state index in [2.05, 4.69) is 16.7 Å². The molecule has 1 aromatic carbocycles. The quantitative estimate of drug-likeness (QED) is 0.809. The van der Waals surface area contributed by atoms with E-state index in [4.69, 9.17) is 0 Å². The van der Waals surface area contributed by atoms with Crippen molar-refractivity contribution in [3.63, 3.8) is 0 Å². The lowest BCUT2D eigenvalue weighted by atomic mass is 10.1. The lowest BCUT2D eigenvalue weighted by Gasteiger charge is -2.10. The number of anilines is 1. The minimum Gasteiger partial charge on any atom is -0.335 e. The number of benzene rings is 1. The molecular weight excluding hydrogens is 207 g/mol. The van der Waals surface area contributed by atoms with Gasteiger partial charge in [-0.05, 0) is 36.5 Å². The van der Waals surface area contributed by atoms with E-state index in [0.717, 1.165) is 24.9 Å². The van der Waals surface area contributed by atoms with Crippen molar-refractivity contribution in [3.8, 4) is 0 Å². The number of fused-ring (bicyclic) bond motifs is 1. The van der Waals surface area contributed by atoms with Gasteiger partial charge in [-0.3, -0.25) is 0 Å². The summed E-state index contributed by atoms with van der Waals surface area (Å²) in [7, 11) is 0. The Balaban J connectivity index is 2.04. The number of rotatable bonds is 3. The Hall–Kier alpha value is -1.58. The van der Waals surface area contributed by atoms with Crippen molar-refractivity contribution in [2.45, 2.75) is 19.3 Å². The predicted octanol–water partition coefficient (Wildman–Crippen LogP) is 2.27. The van der Waals surface area contributed by atoms with Crippen molar-refractivity contribution in [2.75, 3.05) is 18.5 Å². The van der Waals surface area contributed by atoms with Crippen LogP contribution in [0.4, 0.5) is 14.9 Å². The largest absolute Gasteiger partial charge is 0.335 e. The van der Waals surface area contributed by atoms with Crippen LogP contribution in [0.15, 0.2) is 18.2 Å². The predicted molar refractivity (Wildman–Crippen MR) is 61.5 cm³/mol. The fraction of sp³-hybridized carbons (Fsp3) is 0.417. The zero-order chi connectivity index (χ0) is 11.4. The van der Waals surface area contributed by atoms with E-state index in [0.29, 0.717) is 0 Å². The summed E-state index contributed by atoms with van der Waals surface area (Å²) in [4.78, 5) is 11.4. The molecule has 0 unspecified atom stereocenters. The lowest BCUT2D eigenvalue weighted by molar-refractivity contribution is 0.251. The van der Waals surface area contributed by atoms with Gasteiger partial charge in [-0.1, -0.05) is 12.1 Å². The second kappa shape index (κ2) is 4.96. The van der Waals surface area contributed by atoms with E-state index in [1.54, 1.807) is 0 Å². The molecule has 0 bridgehead atoms. The second-order valence-electron chi connectivity index (χ2n) is 3.87. The molecule has 0 radical (unpaired) electrons. The molecule has 0 saturated carbocycles. The summed E-state index contributed by atoms with van der Waals surface area (Å²) in [6.45, 7) is -0.485. The summed E-state index contributed by atoms with van der Waals surface area (Å²) in [5.41, 5.74) is 3.38. The highest BCUT2D eigenvalue weighted by Crippen LogP contribution is 2.28. The first-order chi connectivity index (χ1) is 7.81. The third-order valence-electron chi connectivity index (χ3n) is 2.77. The third kappa shape index (κ3) is 2.32. The van der Waals surface area contributed by atoms with E-state index in [1.165, 1.54) is 11.1 Å². The first kappa shape index (κ1) is 10.9. The van der Waals surface area contributed by atoms with Gasteiger partial charge < -0.3 is 10.6 Å². The van der Waals surface area contributed by atoms with Crippen molar-refractivity contribution >= 4 is 11.7 Å². The number of alkyl halides is 1. The highest BCUT2D eigenvalue weighted by molar-refractivity contribution is 5.90.